The molecule has 0 heterocycles. The molecule has 1 N–H and O–H groups in total. The van der Waals surface area contributed by atoms with Crippen molar-refractivity contribution >= 4 is 88.2 Å². The van der Waals surface area contributed by atoms with E-state index in [2.05, 4.69) is 25.8 Å². The largest absolute Gasteiger partial charge is 3.00 e. The number of nitrogens with zero attached hydrogens (tertiary/aromatic N) is 6. The molecule has 0 aliphatic carbocycles. The fourth-order valence-electron chi connectivity index (χ4n) is 5.74. The number of anilines is 1. The third-order valence-electron chi connectivity index (χ3n) is 8.32. The quantitative estimate of drug-likeness (QED) is 0.0723. The Morgan fingerprint density at radius 2 is 1.13 bits per heavy atom. The van der Waals surface area contributed by atoms with E-state index in [-0.39, 0.29) is 122 Å². The van der Waals surface area contributed by atoms with Gasteiger partial charge in [-0.25, -0.2) is 8.42 Å². The van der Waals surface area contributed by atoms with Crippen molar-refractivity contribution in [1.29, 1.82) is 0 Å². The molecule has 1 radical (unpaired) electrons. The van der Waals surface area contributed by atoms with Gasteiger partial charge in [-0.3, -0.25) is 25.0 Å². The van der Waals surface area contributed by atoms with Crippen molar-refractivity contribution in [2.45, 2.75) is 11.8 Å². The maximum absolute atomic E-state index is 12.5. The van der Waals surface area contributed by atoms with E-state index in [4.69, 9.17) is 0 Å². The number of hydrogen-bond donors (Lipinski definition) is 1. The average Bonchev–Trinajstić information content (AvgIpc) is 3.17. The molecule has 19 nitrogen and oxygen atoms in total. The summed E-state index contributed by atoms with van der Waals surface area (Å²) in [6.45, 7) is 1.33. The predicted molar refractivity (Wildman–Crippen MR) is 200 cm³/mol. The minimum atomic E-state index is -5.11. The van der Waals surface area contributed by atoms with Crippen LogP contribution in [0.5, 0.6) is 23.0 Å². The van der Waals surface area contributed by atoms with Crippen LogP contribution in [-0.4, -0.2) is 28.7 Å². The molecule has 0 spiro atoms. The average molecular weight is 899 g/mol. The molecule has 0 saturated heterocycles. The Balaban J connectivity index is 0.000000313. The summed E-state index contributed by atoms with van der Waals surface area (Å²) in [4.78, 5) is 31.0. The number of carbonyl (C=O) groups excluding carboxylic acids is 1. The maximum Gasteiger partial charge on any atom is 3.00 e. The van der Waals surface area contributed by atoms with Crippen LogP contribution in [0.1, 0.15) is 6.92 Å². The summed E-state index contributed by atoms with van der Waals surface area (Å²) >= 11 is 0. The number of benzene rings is 7. The number of rotatable bonds is 8. The Bertz CT molecular complexity index is 3030. The third-order valence-corrected chi connectivity index (χ3v) is 9.19. The summed E-state index contributed by atoms with van der Waals surface area (Å²) in [5, 5.41) is 90.6. The molecule has 1 amide bonds. The zero-order valence-corrected chi connectivity index (χ0v) is 37.9. The van der Waals surface area contributed by atoms with Crippen molar-refractivity contribution in [1.82, 2.24) is 0 Å². The molecule has 0 saturated carbocycles. The Labute approximate surface area is 399 Å². The molecule has 0 aromatic heterocycles. The number of nitro groups is 2. The van der Waals surface area contributed by atoms with Gasteiger partial charge in [0, 0.05) is 52.7 Å². The van der Waals surface area contributed by atoms with Gasteiger partial charge in [-0.1, -0.05) is 89.7 Å². The van der Waals surface area contributed by atoms with E-state index in [1.807, 2.05) is 0 Å². The second kappa shape index (κ2) is 20.8. The van der Waals surface area contributed by atoms with Crippen LogP contribution in [0.3, 0.4) is 0 Å². The van der Waals surface area contributed by atoms with Crippen LogP contribution in [0.4, 0.5) is 39.8 Å². The van der Waals surface area contributed by atoms with Gasteiger partial charge in [0.25, 0.3) is 11.4 Å². The van der Waals surface area contributed by atoms with Gasteiger partial charge in [0.1, 0.15) is 10.1 Å². The van der Waals surface area contributed by atoms with E-state index in [0.29, 0.717) is 33.3 Å². The summed E-state index contributed by atoms with van der Waals surface area (Å²) in [6, 6.07) is 24.3. The number of hydrogen-bond acceptors (Lipinski definition) is 16. The van der Waals surface area contributed by atoms with E-state index in [1.54, 1.807) is 54.6 Å². The number of carbonyl (C=O) groups is 1. The number of nitro benzene ring substituents is 2. The van der Waals surface area contributed by atoms with Gasteiger partial charge in [-0.15, -0.1) is 0 Å². The number of nitrogens with one attached hydrogen (secondary N) is 1. The Morgan fingerprint density at radius 1 is 0.590 bits per heavy atom. The number of fused-ring (bicyclic) bond motifs is 3. The first-order valence-corrected chi connectivity index (χ1v) is 17.8. The van der Waals surface area contributed by atoms with Crippen LogP contribution in [0, 0.1) is 20.2 Å². The molecule has 7 aromatic carbocycles. The molecular formula is C38H22CrN7Na2O12S. The zero-order valence-electron chi connectivity index (χ0n) is 31.8. The molecule has 7 aromatic rings. The normalized spacial score (nSPS) is 11.0. The second-order valence-electron chi connectivity index (χ2n) is 12.1. The van der Waals surface area contributed by atoms with Crippen LogP contribution in [-0.2, 0) is 32.3 Å². The van der Waals surface area contributed by atoms with E-state index in [9.17, 15) is 58.4 Å². The second-order valence-corrected chi connectivity index (χ2v) is 13.5. The number of non-ortho nitro benzene ring substituents is 2. The molecule has 295 valence electrons. The van der Waals surface area contributed by atoms with Crippen molar-refractivity contribution in [2.75, 3.05) is 5.32 Å². The smallest absolute Gasteiger partial charge is 0.871 e. The van der Waals surface area contributed by atoms with E-state index >= 15 is 0 Å². The third kappa shape index (κ3) is 11.2. The minimum Gasteiger partial charge on any atom is -0.871 e. The van der Waals surface area contributed by atoms with E-state index in [0.717, 1.165) is 36.4 Å². The Kier molecular flexibility index (Phi) is 17.0. The van der Waals surface area contributed by atoms with Gasteiger partial charge in [0.05, 0.1) is 43.2 Å². The number of azo groups is 2. The summed E-state index contributed by atoms with van der Waals surface area (Å²) in [5.74, 6) is -2.76. The summed E-state index contributed by atoms with van der Waals surface area (Å²) in [7, 11) is -5.11. The van der Waals surface area contributed by atoms with Crippen molar-refractivity contribution in [3.8, 4) is 23.0 Å². The SMILES string of the molecule is CC(=O)Nc1cccc2ccc([O-])c(N=Nc3cc([N+](=O)[O-])ccc3[O-])c12.O=[N+]([O-])c1ccc2c(N=Nc3c([O-])ccc4ccccc34)c([O-])cc(S(=O)(=O)[O-])c2c1.[Cr+3].[Na+].[Na+]. The molecule has 61 heavy (non-hydrogen) atoms. The standard InChI is InChI=1S/C20H13N3O7S.C18H14N4O5.Cr.2Na/c24-16-8-5-11-3-1-2-4-13(11)19(16)21-22-20-14-7-6-12(23(26)27)9-15(14)18(10-17(20)25)31(28,29)30;1-10(23)19-13-4-2-3-11-5-7-16(25)18(17(11)13)21-20-14-9-12(22(26)27)6-8-15(14)24;;;/h1-10,24-25H,(H,28,29,30);2-9,24-25H,1H3,(H,19,23);;;/q;;+3;2*+1/p-5. The summed E-state index contributed by atoms with van der Waals surface area (Å²) in [6.07, 6.45) is 0. The maximum atomic E-state index is 12.5. The summed E-state index contributed by atoms with van der Waals surface area (Å²) in [5.41, 5.74) is -1.16. The van der Waals surface area contributed by atoms with Crippen LogP contribution >= 0.6 is 0 Å². The first kappa shape index (κ1) is 49.8. The van der Waals surface area contributed by atoms with Crippen LogP contribution in [0.15, 0.2) is 135 Å². The predicted octanol–water partition coefficient (Wildman–Crippen LogP) is 0.642. The topological polar surface area (TPSA) is 314 Å². The fraction of sp³-hybridized carbons (Fsp3) is 0.0263. The van der Waals surface area contributed by atoms with E-state index in [1.165, 1.54) is 19.1 Å². The van der Waals surface area contributed by atoms with Gasteiger partial charge >= 0.3 is 76.5 Å². The first-order valence-electron chi connectivity index (χ1n) is 16.4. The summed E-state index contributed by atoms with van der Waals surface area (Å²) < 4.78 is 34.8. The molecular weight excluding hydrogens is 876 g/mol. The van der Waals surface area contributed by atoms with E-state index < -0.39 is 53.5 Å². The minimum absolute atomic E-state index is 0. The van der Waals surface area contributed by atoms with Crippen molar-refractivity contribution in [3.63, 3.8) is 0 Å². The number of amides is 1. The Morgan fingerprint density at radius 3 is 1.77 bits per heavy atom. The molecule has 0 fully saturated rings. The molecule has 0 bridgehead atoms. The molecule has 7 rings (SSSR count). The van der Waals surface area contributed by atoms with Crippen molar-refractivity contribution in [3.05, 3.63) is 129 Å². The van der Waals surface area contributed by atoms with Crippen molar-refractivity contribution in [2.24, 2.45) is 20.5 Å². The van der Waals surface area contributed by atoms with Gasteiger partial charge in [0.2, 0.25) is 5.91 Å². The van der Waals surface area contributed by atoms with Gasteiger partial charge in [0.15, 0.2) is 0 Å². The molecule has 0 atom stereocenters. The van der Waals surface area contributed by atoms with Gasteiger partial charge < -0.3 is 30.3 Å². The van der Waals surface area contributed by atoms with Gasteiger partial charge in [-0.2, -0.15) is 20.5 Å². The first-order chi connectivity index (χ1) is 27.5. The molecule has 0 unspecified atom stereocenters. The Hall–Kier alpha value is -5.57. The molecule has 0 aliphatic heterocycles. The zero-order chi connectivity index (χ0) is 41.9. The molecule has 0 aliphatic rings. The monoisotopic (exact) mass is 898 g/mol. The fourth-order valence-corrected chi connectivity index (χ4v) is 6.43. The van der Waals surface area contributed by atoms with Crippen LogP contribution in [0.25, 0.3) is 32.3 Å². The van der Waals surface area contributed by atoms with Crippen LogP contribution in [0.2, 0.25) is 0 Å². The van der Waals surface area contributed by atoms with Crippen molar-refractivity contribution < 1.29 is 125 Å². The van der Waals surface area contributed by atoms with Gasteiger partial charge in [-0.05, 0) is 29.0 Å². The molecule has 23 heteroatoms. The van der Waals surface area contributed by atoms with Crippen LogP contribution < -0.4 is 84.9 Å².